The number of anilines is 1. The second-order valence-electron chi connectivity index (χ2n) is 5.81. The quantitative estimate of drug-likeness (QED) is 0.832. The van der Waals surface area contributed by atoms with Crippen LogP contribution in [0.25, 0.3) is 0 Å². The molecule has 3 heterocycles. The summed E-state index contributed by atoms with van der Waals surface area (Å²) in [5.74, 6) is 0.934. The molecule has 1 amide bonds. The number of hydrogen-bond donors (Lipinski definition) is 0. The summed E-state index contributed by atoms with van der Waals surface area (Å²) in [7, 11) is 0. The first-order valence-corrected chi connectivity index (χ1v) is 7.61. The number of nitrogens with zero attached hydrogens (tertiary/aromatic N) is 4. The van der Waals surface area contributed by atoms with Crippen LogP contribution in [-0.4, -0.2) is 41.0 Å². The number of carbonyl (C=O) groups is 1. The van der Waals surface area contributed by atoms with Gasteiger partial charge in [-0.3, -0.25) is 4.79 Å². The van der Waals surface area contributed by atoms with E-state index in [1.54, 1.807) is 19.2 Å². The van der Waals surface area contributed by atoms with E-state index in [0.29, 0.717) is 11.6 Å². The number of likely N-dealkylation sites (tertiary alicyclic amines) is 1. The Morgan fingerprint density at radius 1 is 1.33 bits per heavy atom. The summed E-state index contributed by atoms with van der Waals surface area (Å²) in [6.45, 7) is 3.43. The molecular weight excluding hydrogens is 264 g/mol. The lowest BCUT2D eigenvalue weighted by Crippen LogP contribution is -2.48. The number of carbonyl (C=O) groups excluding carboxylic acids is 1. The highest BCUT2D eigenvalue weighted by Gasteiger charge is 2.39. The summed E-state index contributed by atoms with van der Waals surface area (Å²) >= 11 is 0. The number of pyridine rings is 1. The van der Waals surface area contributed by atoms with Crippen molar-refractivity contribution in [3.05, 3.63) is 23.9 Å². The third-order valence-electron chi connectivity index (χ3n) is 4.63. The van der Waals surface area contributed by atoms with Gasteiger partial charge in [0.1, 0.15) is 11.9 Å². The minimum absolute atomic E-state index is 0.158. The summed E-state index contributed by atoms with van der Waals surface area (Å²) in [4.78, 5) is 20.5. The van der Waals surface area contributed by atoms with Gasteiger partial charge in [0.2, 0.25) is 5.91 Å². The number of hydrogen-bond acceptors (Lipinski definition) is 4. The van der Waals surface area contributed by atoms with Crippen LogP contribution >= 0.6 is 0 Å². The van der Waals surface area contributed by atoms with Crippen molar-refractivity contribution in [1.82, 2.24) is 9.88 Å². The van der Waals surface area contributed by atoms with E-state index in [2.05, 4.69) is 16.0 Å². The lowest BCUT2D eigenvalue weighted by atomic mass is 10.0. The molecule has 21 heavy (non-hydrogen) atoms. The van der Waals surface area contributed by atoms with Gasteiger partial charge in [-0.25, -0.2) is 4.98 Å². The molecule has 2 atom stereocenters. The molecule has 0 aromatic carbocycles. The molecule has 110 valence electrons. The number of nitriles is 1. The van der Waals surface area contributed by atoms with Crippen LogP contribution in [-0.2, 0) is 4.79 Å². The van der Waals surface area contributed by atoms with Gasteiger partial charge in [0.05, 0.1) is 17.6 Å². The minimum Gasteiger partial charge on any atom is -0.350 e. The zero-order chi connectivity index (χ0) is 14.8. The van der Waals surface area contributed by atoms with Crippen LogP contribution in [0, 0.1) is 11.3 Å². The molecule has 2 saturated heterocycles. The molecule has 2 aliphatic rings. The lowest BCUT2D eigenvalue weighted by molar-refractivity contribution is -0.129. The molecule has 0 N–H and O–H groups in total. The lowest BCUT2D eigenvalue weighted by Gasteiger charge is -2.35. The molecule has 2 aliphatic heterocycles. The molecule has 0 saturated carbocycles. The highest BCUT2D eigenvalue weighted by Crippen LogP contribution is 2.33. The van der Waals surface area contributed by atoms with E-state index >= 15 is 0 Å². The highest BCUT2D eigenvalue weighted by atomic mass is 16.2. The Hall–Kier alpha value is -2.09. The normalized spacial score (nSPS) is 25.1. The van der Waals surface area contributed by atoms with Gasteiger partial charge in [-0.05, 0) is 37.8 Å². The van der Waals surface area contributed by atoms with Gasteiger partial charge < -0.3 is 9.80 Å². The molecule has 0 radical (unpaired) electrons. The van der Waals surface area contributed by atoms with Gasteiger partial charge in [0, 0.05) is 26.2 Å². The van der Waals surface area contributed by atoms with E-state index in [9.17, 15) is 10.1 Å². The minimum atomic E-state index is 0.158. The highest BCUT2D eigenvalue weighted by molar-refractivity contribution is 5.74. The third-order valence-corrected chi connectivity index (χ3v) is 4.63. The average molecular weight is 284 g/mol. The number of amides is 1. The SMILES string of the molecule is CC(=O)N1CCC[C@H]1[C@H]1CCCN1c1ncccc1C#N. The smallest absolute Gasteiger partial charge is 0.219 e. The second kappa shape index (κ2) is 5.72. The Kier molecular flexibility index (Phi) is 3.78. The Morgan fingerprint density at radius 2 is 2.10 bits per heavy atom. The van der Waals surface area contributed by atoms with Crippen LogP contribution in [0.5, 0.6) is 0 Å². The molecule has 0 spiro atoms. The molecule has 5 nitrogen and oxygen atoms in total. The summed E-state index contributed by atoms with van der Waals surface area (Å²) < 4.78 is 0. The number of aromatic nitrogens is 1. The zero-order valence-corrected chi connectivity index (χ0v) is 12.3. The van der Waals surface area contributed by atoms with Crippen molar-refractivity contribution in [2.45, 2.75) is 44.7 Å². The largest absolute Gasteiger partial charge is 0.350 e. The van der Waals surface area contributed by atoms with Crippen molar-refractivity contribution in [1.29, 1.82) is 5.26 Å². The fourth-order valence-electron chi connectivity index (χ4n) is 3.75. The Bertz CT molecular complexity index is 580. The first-order chi connectivity index (χ1) is 10.2. The molecule has 0 aliphatic carbocycles. The average Bonchev–Trinajstić information content (AvgIpc) is 3.15. The van der Waals surface area contributed by atoms with Gasteiger partial charge in [-0.2, -0.15) is 5.26 Å². The van der Waals surface area contributed by atoms with E-state index in [4.69, 9.17) is 0 Å². The summed E-state index contributed by atoms with van der Waals surface area (Å²) in [5.41, 5.74) is 0.622. The van der Waals surface area contributed by atoms with E-state index in [1.807, 2.05) is 11.0 Å². The van der Waals surface area contributed by atoms with E-state index in [-0.39, 0.29) is 11.9 Å². The van der Waals surface area contributed by atoms with Crippen LogP contribution in [0.3, 0.4) is 0 Å². The van der Waals surface area contributed by atoms with Crippen molar-refractivity contribution in [3.8, 4) is 6.07 Å². The van der Waals surface area contributed by atoms with E-state index < -0.39 is 0 Å². The van der Waals surface area contributed by atoms with E-state index in [1.165, 1.54) is 0 Å². The standard InChI is InChI=1S/C16H20N4O/c1-12(21)19-9-3-6-14(19)15-7-4-10-20(15)16-13(11-17)5-2-8-18-16/h2,5,8,14-15H,3-4,6-7,9-10H2,1H3/t14-,15+/m0/s1. The van der Waals surface area contributed by atoms with Crippen molar-refractivity contribution in [2.24, 2.45) is 0 Å². The van der Waals surface area contributed by atoms with Crippen LogP contribution < -0.4 is 4.90 Å². The maximum Gasteiger partial charge on any atom is 0.219 e. The predicted octanol–water partition coefficient (Wildman–Crippen LogP) is 1.93. The maximum atomic E-state index is 11.8. The van der Waals surface area contributed by atoms with Crippen molar-refractivity contribution < 1.29 is 4.79 Å². The van der Waals surface area contributed by atoms with Gasteiger partial charge >= 0.3 is 0 Å². The monoisotopic (exact) mass is 284 g/mol. The van der Waals surface area contributed by atoms with Crippen LogP contribution in [0.4, 0.5) is 5.82 Å². The molecule has 2 fully saturated rings. The molecule has 0 bridgehead atoms. The predicted molar refractivity (Wildman–Crippen MR) is 79.7 cm³/mol. The fourth-order valence-corrected chi connectivity index (χ4v) is 3.75. The van der Waals surface area contributed by atoms with Gasteiger partial charge in [-0.15, -0.1) is 0 Å². The molecule has 1 aromatic heterocycles. The Labute approximate surface area is 125 Å². The molecule has 3 rings (SSSR count). The topological polar surface area (TPSA) is 60.2 Å². The summed E-state index contributed by atoms with van der Waals surface area (Å²) in [5, 5.41) is 9.29. The summed E-state index contributed by atoms with van der Waals surface area (Å²) in [6, 6.07) is 6.40. The van der Waals surface area contributed by atoms with Crippen LogP contribution in [0.15, 0.2) is 18.3 Å². The maximum absolute atomic E-state index is 11.8. The van der Waals surface area contributed by atoms with Gasteiger partial charge in [0.15, 0.2) is 0 Å². The second-order valence-corrected chi connectivity index (χ2v) is 5.81. The first-order valence-electron chi connectivity index (χ1n) is 7.61. The Balaban J connectivity index is 1.89. The van der Waals surface area contributed by atoms with Gasteiger partial charge in [-0.1, -0.05) is 0 Å². The molecule has 0 unspecified atom stereocenters. The van der Waals surface area contributed by atoms with Crippen molar-refractivity contribution >= 4 is 11.7 Å². The van der Waals surface area contributed by atoms with Crippen LogP contribution in [0.2, 0.25) is 0 Å². The van der Waals surface area contributed by atoms with Crippen molar-refractivity contribution in [2.75, 3.05) is 18.0 Å². The Morgan fingerprint density at radius 3 is 2.86 bits per heavy atom. The van der Waals surface area contributed by atoms with E-state index in [0.717, 1.165) is 44.6 Å². The zero-order valence-electron chi connectivity index (χ0n) is 12.3. The fraction of sp³-hybridized carbons (Fsp3) is 0.562. The van der Waals surface area contributed by atoms with Crippen LogP contribution in [0.1, 0.15) is 38.2 Å². The molecular formula is C16H20N4O. The number of rotatable bonds is 2. The first kappa shape index (κ1) is 13.9. The van der Waals surface area contributed by atoms with Gasteiger partial charge in [0.25, 0.3) is 0 Å². The molecule has 5 heteroatoms. The third kappa shape index (κ3) is 2.46. The van der Waals surface area contributed by atoms with Crippen molar-refractivity contribution in [3.63, 3.8) is 0 Å². The summed E-state index contributed by atoms with van der Waals surface area (Å²) in [6.07, 6.45) is 6.02. The molecule has 1 aromatic rings.